The first-order chi connectivity index (χ1) is 13.1. The number of nitriles is 1. The maximum absolute atomic E-state index is 9.57. The van der Waals surface area contributed by atoms with Crippen LogP contribution in [0.25, 0.3) is 11.3 Å². The molecule has 1 aliphatic rings. The summed E-state index contributed by atoms with van der Waals surface area (Å²) in [7, 11) is 2.02. The molecule has 0 amide bonds. The van der Waals surface area contributed by atoms with Gasteiger partial charge in [0.05, 0.1) is 23.1 Å². The summed E-state index contributed by atoms with van der Waals surface area (Å²) in [6.45, 7) is 5.07. The van der Waals surface area contributed by atoms with Gasteiger partial charge in [0.2, 0.25) is 5.95 Å². The highest BCUT2D eigenvalue weighted by Gasteiger charge is 2.21. The van der Waals surface area contributed by atoms with Crippen LogP contribution < -0.4 is 10.2 Å². The van der Waals surface area contributed by atoms with Gasteiger partial charge in [-0.05, 0) is 44.0 Å². The molecule has 0 spiro atoms. The largest absolute Gasteiger partial charge is 0.373 e. The Morgan fingerprint density at radius 1 is 1.22 bits per heavy atom. The number of hydrogen-bond acceptors (Lipinski definition) is 6. The summed E-state index contributed by atoms with van der Waals surface area (Å²) in [6, 6.07) is 10.4. The number of nitrogens with zero attached hydrogens (tertiary/aromatic N) is 6. The van der Waals surface area contributed by atoms with Crippen molar-refractivity contribution in [2.75, 3.05) is 23.8 Å². The molecule has 1 aliphatic heterocycles. The molecular formula is C20H21N7. The second-order valence-corrected chi connectivity index (χ2v) is 6.96. The van der Waals surface area contributed by atoms with Crippen molar-refractivity contribution in [2.45, 2.75) is 26.3 Å². The van der Waals surface area contributed by atoms with Gasteiger partial charge in [-0.15, -0.1) is 0 Å². The molecule has 0 unspecified atom stereocenters. The van der Waals surface area contributed by atoms with Crippen LogP contribution in [0.4, 0.5) is 17.5 Å². The normalized spacial score (nSPS) is 12.9. The highest BCUT2D eigenvalue weighted by atomic mass is 15.3. The van der Waals surface area contributed by atoms with E-state index in [0.29, 0.717) is 11.5 Å². The molecule has 0 saturated heterocycles. The Balaban J connectivity index is 1.69. The number of likely N-dealkylation sites (N-methyl/N-ethyl adjacent to an activating group) is 1. The lowest BCUT2D eigenvalue weighted by Gasteiger charge is -2.15. The number of aromatic nitrogens is 4. The van der Waals surface area contributed by atoms with Crippen LogP contribution in [0, 0.1) is 11.3 Å². The fourth-order valence-corrected chi connectivity index (χ4v) is 3.49. The zero-order valence-corrected chi connectivity index (χ0v) is 15.6. The minimum absolute atomic E-state index is 0.234. The van der Waals surface area contributed by atoms with E-state index in [-0.39, 0.29) is 6.04 Å². The molecule has 4 rings (SSSR count). The van der Waals surface area contributed by atoms with Crippen molar-refractivity contribution in [1.29, 1.82) is 5.26 Å². The molecule has 0 atom stereocenters. The first-order valence-electron chi connectivity index (χ1n) is 8.99. The summed E-state index contributed by atoms with van der Waals surface area (Å²) in [4.78, 5) is 11.1. The summed E-state index contributed by atoms with van der Waals surface area (Å²) in [5, 5.41) is 17.1. The van der Waals surface area contributed by atoms with Crippen molar-refractivity contribution in [3.8, 4) is 17.3 Å². The van der Waals surface area contributed by atoms with Gasteiger partial charge in [-0.1, -0.05) is 0 Å². The van der Waals surface area contributed by atoms with Crippen molar-refractivity contribution in [3.63, 3.8) is 0 Å². The smallest absolute Gasteiger partial charge is 0.228 e. The summed E-state index contributed by atoms with van der Waals surface area (Å²) in [5.74, 6) is 1.35. The number of benzene rings is 1. The third-order valence-electron chi connectivity index (χ3n) is 4.76. The molecule has 3 heterocycles. The van der Waals surface area contributed by atoms with Gasteiger partial charge < -0.3 is 10.2 Å². The van der Waals surface area contributed by atoms with Crippen molar-refractivity contribution in [3.05, 3.63) is 47.8 Å². The average Bonchev–Trinajstić information content (AvgIpc) is 3.28. The van der Waals surface area contributed by atoms with Crippen molar-refractivity contribution in [2.24, 2.45) is 0 Å². The standard InChI is InChI=1S/C20H21N7/c1-13(2)27-18(5-8-23-27)25-20-22-7-4-17(24-20)15-10-14-6-9-26(3)19(14)16(11-15)12-21/h4-5,7-8,10-11,13H,6,9H2,1-3H3,(H,22,24,25). The minimum Gasteiger partial charge on any atom is -0.373 e. The fourth-order valence-electron chi connectivity index (χ4n) is 3.49. The van der Waals surface area contributed by atoms with Crippen LogP contribution in [-0.4, -0.2) is 33.3 Å². The Hall–Kier alpha value is -3.40. The zero-order valence-electron chi connectivity index (χ0n) is 15.6. The van der Waals surface area contributed by atoms with E-state index in [4.69, 9.17) is 0 Å². The maximum atomic E-state index is 9.57. The van der Waals surface area contributed by atoms with E-state index in [1.54, 1.807) is 12.4 Å². The van der Waals surface area contributed by atoms with Crippen LogP contribution in [-0.2, 0) is 6.42 Å². The lowest BCUT2D eigenvalue weighted by atomic mass is 10.0. The number of anilines is 3. The highest BCUT2D eigenvalue weighted by molar-refractivity contribution is 5.75. The van der Waals surface area contributed by atoms with Crippen LogP contribution in [0.3, 0.4) is 0 Å². The van der Waals surface area contributed by atoms with Gasteiger partial charge in [0.15, 0.2) is 0 Å². The monoisotopic (exact) mass is 359 g/mol. The van der Waals surface area contributed by atoms with Crippen LogP contribution in [0.1, 0.15) is 31.0 Å². The highest BCUT2D eigenvalue weighted by Crippen LogP contribution is 2.34. The molecule has 1 aromatic carbocycles. The molecule has 0 saturated carbocycles. The van der Waals surface area contributed by atoms with Gasteiger partial charge in [-0.2, -0.15) is 10.4 Å². The number of rotatable bonds is 4. The Kier molecular flexibility index (Phi) is 4.24. The number of fused-ring (bicyclic) bond motifs is 1. The van der Waals surface area contributed by atoms with Gasteiger partial charge in [0.1, 0.15) is 11.9 Å². The van der Waals surface area contributed by atoms with Gasteiger partial charge in [0, 0.05) is 37.5 Å². The first kappa shape index (κ1) is 17.0. The molecule has 0 radical (unpaired) electrons. The van der Waals surface area contributed by atoms with E-state index in [0.717, 1.165) is 35.7 Å². The molecule has 1 N–H and O–H groups in total. The molecule has 7 nitrogen and oxygen atoms in total. The van der Waals surface area contributed by atoms with Crippen LogP contribution in [0.2, 0.25) is 0 Å². The van der Waals surface area contributed by atoms with Crippen LogP contribution in [0.5, 0.6) is 0 Å². The fraction of sp³-hybridized carbons (Fsp3) is 0.300. The lowest BCUT2D eigenvalue weighted by Crippen LogP contribution is -2.13. The second kappa shape index (κ2) is 6.72. The maximum Gasteiger partial charge on any atom is 0.228 e. The topological polar surface area (TPSA) is 82.7 Å². The molecule has 136 valence electrons. The van der Waals surface area contributed by atoms with Crippen LogP contribution in [0.15, 0.2) is 36.7 Å². The lowest BCUT2D eigenvalue weighted by molar-refractivity contribution is 0.539. The third kappa shape index (κ3) is 3.10. The molecule has 0 bridgehead atoms. The van der Waals surface area contributed by atoms with Gasteiger partial charge in [0.25, 0.3) is 0 Å². The summed E-state index contributed by atoms with van der Waals surface area (Å²) >= 11 is 0. The van der Waals surface area contributed by atoms with E-state index < -0.39 is 0 Å². The summed E-state index contributed by atoms with van der Waals surface area (Å²) in [5.41, 5.74) is 4.64. The predicted molar refractivity (Wildman–Crippen MR) is 105 cm³/mol. The Morgan fingerprint density at radius 2 is 2.07 bits per heavy atom. The average molecular weight is 359 g/mol. The van der Waals surface area contributed by atoms with Gasteiger partial charge in [-0.3, -0.25) is 0 Å². The molecule has 27 heavy (non-hydrogen) atoms. The van der Waals surface area contributed by atoms with Crippen molar-refractivity contribution >= 4 is 17.5 Å². The second-order valence-electron chi connectivity index (χ2n) is 6.96. The summed E-state index contributed by atoms with van der Waals surface area (Å²) in [6.07, 6.45) is 4.42. The van der Waals surface area contributed by atoms with E-state index >= 15 is 0 Å². The number of nitrogens with one attached hydrogen (secondary N) is 1. The third-order valence-corrected chi connectivity index (χ3v) is 4.76. The summed E-state index contributed by atoms with van der Waals surface area (Å²) < 4.78 is 1.88. The van der Waals surface area contributed by atoms with Gasteiger partial charge in [-0.25, -0.2) is 14.6 Å². The Morgan fingerprint density at radius 3 is 2.85 bits per heavy atom. The number of hydrogen-bond donors (Lipinski definition) is 1. The Bertz CT molecular complexity index is 1030. The van der Waals surface area contributed by atoms with E-state index in [9.17, 15) is 5.26 Å². The van der Waals surface area contributed by atoms with Crippen molar-refractivity contribution in [1.82, 2.24) is 19.7 Å². The van der Waals surface area contributed by atoms with Crippen LogP contribution >= 0.6 is 0 Å². The first-order valence-corrected chi connectivity index (χ1v) is 8.99. The van der Waals surface area contributed by atoms with Gasteiger partial charge >= 0.3 is 0 Å². The predicted octanol–water partition coefficient (Wildman–Crippen LogP) is 3.53. The van der Waals surface area contributed by atoms with E-state index in [1.165, 1.54) is 5.56 Å². The van der Waals surface area contributed by atoms with E-state index in [2.05, 4.69) is 51.3 Å². The Labute approximate surface area is 158 Å². The molecule has 2 aromatic heterocycles. The molecule has 0 fully saturated rings. The zero-order chi connectivity index (χ0) is 19.0. The quantitative estimate of drug-likeness (QED) is 0.767. The van der Waals surface area contributed by atoms with E-state index in [1.807, 2.05) is 29.9 Å². The van der Waals surface area contributed by atoms with Crippen molar-refractivity contribution < 1.29 is 0 Å². The molecular weight excluding hydrogens is 338 g/mol. The molecule has 7 heteroatoms. The minimum atomic E-state index is 0.234. The molecule has 3 aromatic rings. The SMILES string of the molecule is CC(C)n1nccc1Nc1nccc(-c2cc(C#N)c3c(c2)CCN3C)n1. The molecule has 0 aliphatic carbocycles.